The molecule has 2 aliphatic rings. The Morgan fingerprint density at radius 3 is 2.58 bits per heavy atom. The molecule has 3 atom stereocenters. The molecule has 0 saturated heterocycles. The van der Waals surface area contributed by atoms with Gasteiger partial charge >= 0.3 is 5.97 Å². The Morgan fingerprint density at radius 2 is 1.88 bits per heavy atom. The number of hydrogen-bond donors (Lipinski definition) is 0. The van der Waals surface area contributed by atoms with Gasteiger partial charge in [0.25, 0.3) is 0 Å². The molecule has 5 heteroatoms. The van der Waals surface area contributed by atoms with Crippen molar-refractivity contribution in [3.8, 4) is 23.8 Å². The van der Waals surface area contributed by atoms with Crippen molar-refractivity contribution in [2.24, 2.45) is 28.3 Å². The average Bonchev–Trinajstić information content (AvgIpc) is 3.70. The van der Waals surface area contributed by atoms with E-state index in [0.717, 1.165) is 11.5 Å². The molecular formula is C28H31NO4. The van der Waals surface area contributed by atoms with E-state index in [4.69, 9.17) is 20.7 Å². The molecule has 3 unspecified atom stereocenters. The first-order valence-corrected chi connectivity index (χ1v) is 11.5. The van der Waals surface area contributed by atoms with Crippen LogP contribution in [0.2, 0.25) is 0 Å². The lowest BCUT2D eigenvalue weighted by molar-refractivity contribution is -0.149. The molecule has 33 heavy (non-hydrogen) atoms. The zero-order valence-corrected chi connectivity index (χ0v) is 19.5. The van der Waals surface area contributed by atoms with Gasteiger partial charge in [-0.2, -0.15) is 0 Å². The number of benzene rings is 2. The highest BCUT2D eigenvalue weighted by molar-refractivity contribution is 5.85. The lowest BCUT2D eigenvalue weighted by atomic mass is 10.1. The molecule has 0 spiro atoms. The molecule has 0 radical (unpaired) electrons. The quantitative estimate of drug-likeness (QED) is 0.190. The number of esters is 1. The number of carbonyl (C=O) groups excluding carboxylic acids is 1. The standard InChI is InChI=1S/C28H31NO4/c1-5-25(21-10-9-13-23(17-21)32-22-11-7-6-8-12-22)33-27(30)26-24(28(26,3)4)16-19(2)29-31-18-20-14-15-20/h1,6-13,17,20,24-26H,14-16,18H2,2-4H3. The van der Waals surface area contributed by atoms with Crippen LogP contribution in [0.5, 0.6) is 11.5 Å². The van der Waals surface area contributed by atoms with Crippen molar-refractivity contribution in [2.45, 2.75) is 46.1 Å². The Kier molecular flexibility index (Phi) is 6.74. The fourth-order valence-corrected chi connectivity index (χ4v) is 4.24. The predicted molar refractivity (Wildman–Crippen MR) is 128 cm³/mol. The molecule has 2 fully saturated rings. The van der Waals surface area contributed by atoms with Gasteiger partial charge in [0.2, 0.25) is 0 Å². The Morgan fingerprint density at radius 1 is 1.15 bits per heavy atom. The van der Waals surface area contributed by atoms with Gasteiger partial charge in [-0.3, -0.25) is 4.79 Å². The number of rotatable bonds is 10. The highest BCUT2D eigenvalue weighted by Crippen LogP contribution is 2.60. The molecule has 0 aliphatic heterocycles. The Labute approximate surface area is 196 Å². The van der Waals surface area contributed by atoms with Gasteiger partial charge in [-0.05, 0) is 67.7 Å². The molecule has 2 aliphatic carbocycles. The third-order valence-corrected chi connectivity index (χ3v) is 6.57. The highest BCUT2D eigenvalue weighted by atomic mass is 16.6. The van der Waals surface area contributed by atoms with Gasteiger partial charge in [-0.15, -0.1) is 6.42 Å². The maximum atomic E-state index is 13.0. The summed E-state index contributed by atoms with van der Waals surface area (Å²) >= 11 is 0. The van der Waals surface area contributed by atoms with Crippen LogP contribution in [0.3, 0.4) is 0 Å². The van der Waals surface area contributed by atoms with Gasteiger partial charge in [-0.25, -0.2) is 0 Å². The van der Waals surface area contributed by atoms with Crippen molar-refractivity contribution in [1.29, 1.82) is 0 Å². The van der Waals surface area contributed by atoms with E-state index < -0.39 is 6.10 Å². The fourth-order valence-electron chi connectivity index (χ4n) is 4.24. The van der Waals surface area contributed by atoms with Crippen LogP contribution in [0.4, 0.5) is 0 Å². The second-order valence-corrected chi connectivity index (χ2v) is 9.65. The smallest absolute Gasteiger partial charge is 0.311 e. The summed E-state index contributed by atoms with van der Waals surface area (Å²) in [6.07, 6.45) is 8.14. The minimum absolute atomic E-state index is 0.157. The van der Waals surface area contributed by atoms with E-state index in [1.165, 1.54) is 12.8 Å². The van der Waals surface area contributed by atoms with Gasteiger partial charge in [0.1, 0.15) is 18.1 Å². The van der Waals surface area contributed by atoms with E-state index in [2.05, 4.69) is 24.9 Å². The monoisotopic (exact) mass is 445 g/mol. The van der Waals surface area contributed by atoms with Gasteiger partial charge in [-0.1, -0.05) is 55.3 Å². The second kappa shape index (κ2) is 9.70. The van der Waals surface area contributed by atoms with Gasteiger partial charge in [0, 0.05) is 5.56 Å². The van der Waals surface area contributed by atoms with E-state index in [-0.39, 0.29) is 23.2 Å². The van der Waals surface area contributed by atoms with E-state index in [9.17, 15) is 4.79 Å². The van der Waals surface area contributed by atoms with E-state index >= 15 is 0 Å². The maximum absolute atomic E-state index is 13.0. The molecule has 2 saturated carbocycles. The highest BCUT2D eigenvalue weighted by Gasteiger charge is 2.62. The minimum atomic E-state index is -0.773. The van der Waals surface area contributed by atoms with Crippen molar-refractivity contribution in [3.63, 3.8) is 0 Å². The normalized spacial score (nSPS) is 22.1. The third kappa shape index (κ3) is 5.76. The van der Waals surface area contributed by atoms with Crippen LogP contribution in [0.1, 0.15) is 51.7 Å². The summed E-state index contributed by atoms with van der Waals surface area (Å²) in [7, 11) is 0. The summed E-state index contributed by atoms with van der Waals surface area (Å²) in [5.74, 6) is 4.31. The number of para-hydroxylation sites is 1. The third-order valence-electron chi connectivity index (χ3n) is 6.57. The summed E-state index contributed by atoms with van der Waals surface area (Å²) in [5.41, 5.74) is 1.45. The number of hydrogen-bond acceptors (Lipinski definition) is 5. The van der Waals surface area contributed by atoms with Crippen LogP contribution >= 0.6 is 0 Å². The maximum Gasteiger partial charge on any atom is 0.311 e. The molecule has 0 N–H and O–H groups in total. The fraction of sp³-hybridized carbons (Fsp3) is 0.429. The Hall–Kier alpha value is -3.26. The number of carbonyl (C=O) groups is 1. The molecule has 172 valence electrons. The zero-order valence-electron chi connectivity index (χ0n) is 19.5. The lowest BCUT2D eigenvalue weighted by Crippen LogP contribution is -2.15. The summed E-state index contributed by atoms with van der Waals surface area (Å²) in [5, 5.41) is 4.23. The van der Waals surface area contributed by atoms with Crippen molar-refractivity contribution in [3.05, 3.63) is 60.2 Å². The van der Waals surface area contributed by atoms with Crippen LogP contribution in [-0.2, 0) is 14.4 Å². The first-order valence-electron chi connectivity index (χ1n) is 11.5. The minimum Gasteiger partial charge on any atom is -0.457 e. The molecule has 0 aromatic heterocycles. The SMILES string of the molecule is C#CC(OC(=O)C1C(CC(C)=NOCC2CC2)C1(C)C)c1cccc(Oc2ccccc2)c1. The van der Waals surface area contributed by atoms with Crippen molar-refractivity contribution in [1.82, 2.24) is 0 Å². The first kappa shape index (κ1) is 22.9. The molecule has 5 nitrogen and oxygen atoms in total. The molecule has 0 bridgehead atoms. The lowest BCUT2D eigenvalue weighted by Gasteiger charge is -2.15. The predicted octanol–water partition coefficient (Wildman–Crippen LogP) is 6.16. The molecule has 2 aromatic rings. The van der Waals surface area contributed by atoms with Crippen LogP contribution in [0.25, 0.3) is 0 Å². The summed E-state index contributed by atoms with van der Waals surface area (Å²) in [6.45, 7) is 6.81. The van der Waals surface area contributed by atoms with Crippen LogP contribution in [0.15, 0.2) is 59.8 Å². The van der Waals surface area contributed by atoms with Crippen LogP contribution in [0, 0.1) is 35.5 Å². The topological polar surface area (TPSA) is 57.1 Å². The summed E-state index contributed by atoms with van der Waals surface area (Å²) in [6, 6.07) is 16.9. The van der Waals surface area contributed by atoms with Gasteiger partial charge < -0.3 is 14.3 Å². The number of ether oxygens (including phenoxy) is 2. The number of terminal acetylenes is 1. The Balaban J connectivity index is 1.36. The molecule has 0 amide bonds. The van der Waals surface area contributed by atoms with E-state index in [0.29, 0.717) is 30.3 Å². The first-order chi connectivity index (χ1) is 15.9. The van der Waals surface area contributed by atoms with Crippen LogP contribution in [-0.4, -0.2) is 18.3 Å². The molecule has 0 heterocycles. The summed E-state index contributed by atoms with van der Waals surface area (Å²) in [4.78, 5) is 18.5. The Bertz CT molecular complexity index is 1050. The second-order valence-electron chi connectivity index (χ2n) is 9.65. The van der Waals surface area contributed by atoms with Crippen molar-refractivity contribution < 1.29 is 19.1 Å². The largest absolute Gasteiger partial charge is 0.457 e. The average molecular weight is 446 g/mol. The van der Waals surface area contributed by atoms with Crippen LogP contribution < -0.4 is 4.74 Å². The van der Waals surface area contributed by atoms with Crippen molar-refractivity contribution in [2.75, 3.05) is 6.61 Å². The van der Waals surface area contributed by atoms with E-state index in [1.807, 2.05) is 61.5 Å². The zero-order chi connectivity index (χ0) is 23.4. The van der Waals surface area contributed by atoms with Crippen molar-refractivity contribution >= 4 is 11.7 Å². The van der Waals surface area contributed by atoms with E-state index in [1.54, 1.807) is 0 Å². The molecular weight excluding hydrogens is 414 g/mol. The molecule has 4 rings (SSSR count). The van der Waals surface area contributed by atoms with Gasteiger partial charge in [0.15, 0.2) is 6.10 Å². The number of oxime groups is 1. The molecule has 2 aromatic carbocycles. The summed E-state index contributed by atoms with van der Waals surface area (Å²) < 4.78 is 11.7. The van der Waals surface area contributed by atoms with Gasteiger partial charge in [0.05, 0.1) is 11.6 Å². The number of nitrogens with zero attached hydrogens (tertiary/aromatic N) is 1.